The van der Waals surface area contributed by atoms with Crippen LogP contribution in [0.2, 0.25) is 0 Å². The van der Waals surface area contributed by atoms with E-state index in [2.05, 4.69) is 11.1 Å². The number of aromatic nitrogens is 1. The molecule has 2 N–H and O–H groups in total. The zero-order chi connectivity index (χ0) is 8.55. The Hall–Kier alpha value is -1.57. The fraction of sp³-hybridized carbons (Fsp3) is 0.100. The molecule has 1 aromatic carbocycles. The summed E-state index contributed by atoms with van der Waals surface area (Å²) in [7, 11) is 0. The van der Waals surface area contributed by atoms with Crippen molar-refractivity contribution in [2.75, 3.05) is 5.73 Å². The van der Waals surface area contributed by atoms with Gasteiger partial charge in [-0.15, -0.1) is 0 Å². The van der Waals surface area contributed by atoms with E-state index in [1.54, 1.807) is 6.20 Å². The number of anilines is 1. The molecule has 0 aliphatic carbocycles. The third-order valence-electron chi connectivity index (χ3n) is 2.09. The second-order valence-corrected chi connectivity index (χ2v) is 2.86. The molecule has 0 fully saturated rings. The van der Waals surface area contributed by atoms with E-state index in [1.807, 2.05) is 25.1 Å². The number of benzene rings is 1. The average molecular weight is 158 g/mol. The van der Waals surface area contributed by atoms with Gasteiger partial charge in [-0.2, -0.15) is 0 Å². The Morgan fingerprint density at radius 1 is 1.25 bits per heavy atom. The Morgan fingerprint density at radius 2 is 2.00 bits per heavy atom. The van der Waals surface area contributed by atoms with Crippen molar-refractivity contribution in [3.8, 4) is 0 Å². The monoisotopic (exact) mass is 158 g/mol. The van der Waals surface area contributed by atoms with Crippen LogP contribution in [0.4, 0.5) is 5.82 Å². The Labute approximate surface area is 71.0 Å². The summed E-state index contributed by atoms with van der Waals surface area (Å²) in [5.74, 6) is 0.619. The summed E-state index contributed by atoms with van der Waals surface area (Å²) >= 11 is 0. The van der Waals surface area contributed by atoms with Gasteiger partial charge >= 0.3 is 0 Å². The topological polar surface area (TPSA) is 38.9 Å². The van der Waals surface area contributed by atoms with Gasteiger partial charge in [0.1, 0.15) is 5.82 Å². The lowest BCUT2D eigenvalue weighted by molar-refractivity contribution is 1.32. The normalized spacial score (nSPS) is 10.4. The van der Waals surface area contributed by atoms with E-state index in [1.165, 1.54) is 5.39 Å². The molecule has 0 unspecified atom stereocenters. The molecular weight excluding hydrogens is 148 g/mol. The van der Waals surface area contributed by atoms with Crippen LogP contribution in [-0.2, 0) is 0 Å². The number of hydrogen-bond acceptors (Lipinski definition) is 2. The van der Waals surface area contributed by atoms with Gasteiger partial charge in [-0.05, 0) is 17.9 Å². The van der Waals surface area contributed by atoms with Crippen LogP contribution in [-0.4, -0.2) is 4.98 Å². The van der Waals surface area contributed by atoms with Crippen molar-refractivity contribution in [2.24, 2.45) is 0 Å². The van der Waals surface area contributed by atoms with E-state index in [4.69, 9.17) is 5.73 Å². The highest BCUT2D eigenvalue weighted by atomic mass is 14.8. The van der Waals surface area contributed by atoms with E-state index >= 15 is 0 Å². The highest BCUT2D eigenvalue weighted by Gasteiger charge is 1.99. The molecule has 1 aromatic heterocycles. The molecule has 0 saturated carbocycles. The zero-order valence-electron chi connectivity index (χ0n) is 6.91. The molecule has 0 aliphatic heterocycles. The first-order chi connectivity index (χ1) is 5.79. The van der Waals surface area contributed by atoms with E-state index in [0.29, 0.717) is 5.82 Å². The summed E-state index contributed by atoms with van der Waals surface area (Å²) in [5, 5.41) is 2.33. The Balaban J connectivity index is 2.91. The molecular formula is C10H10N2. The van der Waals surface area contributed by atoms with Gasteiger partial charge in [0.25, 0.3) is 0 Å². The molecule has 0 aliphatic rings. The Kier molecular flexibility index (Phi) is 1.47. The van der Waals surface area contributed by atoms with E-state index in [-0.39, 0.29) is 0 Å². The first kappa shape index (κ1) is 7.10. The predicted molar refractivity (Wildman–Crippen MR) is 50.9 cm³/mol. The smallest absolute Gasteiger partial charge is 0.126 e. The SMILES string of the molecule is Cc1c(N)ncc2ccccc12. The summed E-state index contributed by atoms with van der Waals surface area (Å²) in [6.45, 7) is 1.99. The van der Waals surface area contributed by atoms with Crippen molar-refractivity contribution in [3.63, 3.8) is 0 Å². The minimum absolute atomic E-state index is 0.619. The van der Waals surface area contributed by atoms with Crippen LogP contribution < -0.4 is 5.73 Å². The average Bonchev–Trinajstić information content (AvgIpc) is 2.12. The molecule has 2 rings (SSSR count). The van der Waals surface area contributed by atoms with Gasteiger partial charge in [0.05, 0.1) is 0 Å². The van der Waals surface area contributed by atoms with Crippen LogP contribution in [0.15, 0.2) is 30.5 Å². The molecule has 0 radical (unpaired) electrons. The molecule has 0 bridgehead atoms. The summed E-state index contributed by atoms with van der Waals surface area (Å²) in [4.78, 5) is 4.08. The van der Waals surface area contributed by atoms with Gasteiger partial charge in [-0.3, -0.25) is 0 Å². The van der Waals surface area contributed by atoms with Crippen LogP contribution in [0.3, 0.4) is 0 Å². The lowest BCUT2D eigenvalue weighted by atomic mass is 10.1. The lowest BCUT2D eigenvalue weighted by Gasteiger charge is -2.02. The maximum Gasteiger partial charge on any atom is 0.126 e. The molecule has 1 heterocycles. The molecule has 60 valence electrons. The lowest BCUT2D eigenvalue weighted by Crippen LogP contribution is -1.93. The number of hydrogen-bond donors (Lipinski definition) is 1. The number of nitrogen functional groups attached to an aromatic ring is 1. The molecule has 2 nitrogen and oxygen atoms in total. The maximum absolute atomic E-state index is 5.67. The quantitative estimate of drug-likeness (QED) is 0.637. The Morgan fingerprint density at radius 3 is 2.83 bits per heavy atom. The molecule has 0 amide bonds. The summed E-state index contributed by atoms with van der Waals surface area (Å²) in [6, 6.07) is 8.10. The van der Waals surface area contributed by atoms with E-state index in [0.717, 1.165) is 10.9 Å². The van der Waals surface area contributed by atoms with Gasteiger partial charge in [0, 0.05) is 11.6 Å². The number of nitrogens with two attached hydrogens (primary N) is 1. The fourth-order valence-corrected chi connectivity index (χ4v) is 1.32. The van der Waals surface area contributed by atoms with Crippen molar-refractivity contribution < 1.29 is 0 Å². The first-order valence-electron chi connectivity index (χ1n) is 3.89. The standard InChI is InChI=1S/C10H10N2/c1-7-9-5-3-2-4-8(9)6-12-10(7)11/h2-6H,1H3,(H2,11,12). The van der Waals surface area contributed by atoms with Crippen LogP contribution >= 0.6 is 0 Å². The minimum Gasteiger partial charge on any atom is -0.383 e. The van der Waals surface area contributed by atoms with Crippen molar-refractivity contribution >= 4 is 16.6 Å². The number of fused-ring (bicyclic) bond motifs is 1. The molecule has 0 atom stereocenters. The second kappa shape index (κ2) is 2.48. The summed E-state index contributed by atoms with van der Waals surface area (Å²) < 4.78 is 0. The van der Waals surface area contributed by atoms with Crippen molar-refractivity contribution in [2.45, 2.75) is 6.92 Å². The third kappa shape index (κ3) is 0.925. The van der Waals surface area contributed by atoms with Gasteiger partial charge < -0.3 is 5.73 Å². The number of aryl methyl sites for hydroxylation is 1. The molecule has 0 saturated heterocycles. The van der Waals surface area contributed by atoms with Crippen molar-refractivity contribution in [1.29, 1.82) is 0 Å². The fourth-order valence-electron chi connectivity index (χ4n) is 1.32. The van der Waals surface area contributed by atoms with Crippen LogP contribution in [0.1, 0.15) is 5.56 Å². The molecule has 2 aromatic rings. The third-order valence-corrected chi connectivity index (χ3v) is 2.09. The summed E-state index contributed by atoms with van der Waals surface area (Å²) in [5.41, 5.74) is 6.74. The number of nitrogens with zero attached hydrogens (tertiary/aromatic N) is 1. The van der Waals surface area contributed by atoms with Crippen LogP contribution in [0, 0.1) is 6.92 Å². The zero-order valence-corrected chi connectivity index (χ0v) is 6.91. The number of rotatable bonds is 0. The van der Waals surface area contributed by atoms with Crippen molar-refractivity contribution in [3.05, 3.63) is 36.0 Å². The maximum atomic E-state index is 5.67. The second-order valence-electron chi connectivity index (χ2n) is 2.86. The minimum atomic E-state index is 0.619. The first-order valence-corrected chi connectivity index (χ1v) is 3.89. The predicted octanol–water partition coefficient (Wildman–Crippen LogP) is 2.13. The van der Waals surface area contributed by atoms with Gasteiger partial charge in [0.2, 0.25) is 0 Å². The Bertz CT molecular complexity index is 421. The molecule has 2 heteroatoms. The van der Waals surface area contributed by atoms with E-state index in [9.17, 15) is 0 Å². The van der Waals surface area contributed by atoms with Gasteiger partial charge in [0.15, 0.2) is 0 Å². The summed E-state index contributed by atoms with van der Waals surface area (Å²) in [6.07, 6.45) is 1.80. The number of pyridine rings is 1. The highest BCUT2D eigenvalue weighted by Crippen LogP contribution is 2.20. The molecule has 0 spiro atoms. The van der Waals surface area contributed by atoms with E-state index < -0.39 is 0 Å². The van der Waals surface area contributed by atoms with Crippen molar-refractivity contribution in [1.82, 2.24) is 4.98 Å². The van der Waals surface area contributed by atoms with Crippen LogP contribution in [0.5, 0.6) is 0 Å². The molecule has 12 heavy (non-hydrogen) atoms. The van der Waals surface area contributed by atoms with Gasteiger partial charge in [-0.1, -0.05) is 24.3 Å². The van der Waals surface area contributed by atoms with Gasteiger partial charge in [-0.25, -0.2) is 4.98 Å². The van der Waals surface area contributed by atoms with Crippen LogP contribution in [0.25, 0.3) is 10.8 Å². The highest BCUT2D eigenvalue weighted by molar-refractivity contribution is 5.87. The largest absolute Gasteiger partial charge is 0.383 e.